The molecular weight excluding hydrogens is 361 g/mol. The molecule has 0 saturated carbocycles. The van der Waals surface area contributed by atoms with Gasteiger partial charge in [0.15, 0.2) is 4.33 Å². The highest BCUT2D eigenvalue weighted by Crippen LogP contribution is 2.59. The van der Waals surface area contributed by atoms with Gasteiger partial charge in [0.1, 0.15) is 17.5 Å². The fraction of sp³-hybridized carbons (Fsp3) is 0.714. The predicted octanol–water partition coefficient (Wildman–Crippen LogP) is 5.38. The second-order valence-electron chi connectivity index (χ2n) is 3.13. The minimum atomic E-state index is -6.67. The number of halogens is 12. The molecule has 0 heterocycles. The van der Waals surface area contributed by atoms with Crippen molar-refractivity contribution >= 4 is 34.8 Å². The van der Waals surface area contributed by atoms with Crippen LogP contribution in [0.4, 0.5) is 39.5 Å². The summed E-state index contributed by atoms with van der Waals surface area (Å²) in [6.07, 6.45) is -14.4. The van der Waals surface area contributed by atoms with Crippen LogP contribution in [0.15, 0.2) is 12.2 Å². The van der Waals surface area contributed by atoms with Gasteiger partial charge in [0.25, 0.3) is 0 Å². The van der Waals surface area contributed by atoms with E-state index in [0.29, 0.717) is 0 Å². The maximum atomic E-state index is 13.4. The number of allylic oxidation sites excluding steroid dienone is 1. The number of rotatable bonds is 3. The molecule has 0 aliphatic rings. The van der Waals surface area contributed by atoms with E-state index in [9.17, 15) is 39.5 Å². The van der Waals surface area contributed by atoms with Crippen LogP contribution in [0.1, 0.15) is 0 Å². The highest BCUT2D eigenvalue weighted by atomic mass is 35.5. The maximum Gasteiger partial charge on any atom is 0.434 e. The van der Waals surface area contributed by atoms with E-state index in [2.05, 4.69) is 23.2 Å². The molecule has 0 rings (SSSR count). The Morgan fingerprint density at radius 1 is 0.895 bits per heavy atom. The summed E-state index contributed by atoms with van der Waals surface area (Å²) in [5, 5.41) is -3.27. The SMILES string of the molecule is FC=C(F)C(Cl)C(Cl)(Cl)C(F)(C(F)(F)F)C(F)(F)F. The lowest BCUT2D eigenvalue weighted by molar-refractivity contribution is -0.345. The zero-order chi connectivity index (χ0) is 15.9. The molecule has 0 aliphatic carbocycles. The second-order valence-corrected chi connectivity index (χ2v) is 4.96. The van der Waals surface area contributed by atoms with Gasteiger partial charge in [-0.15, -0.1) is 11.6 Å². The highest BCUT2D eigenvalue weighted by Gasteiger charge is 2.83. The number of hydrogen-bond donors (Lipinski definition) is 0. The Morgan fingerprint density at radius 2 is 1.21 bits per heavy atom. The summed E-state index contributed by atoms with van der Waals surface area (Å²) >= 11 is 13.9. The van der Waals surface area contributed by atoms with Gasteiger partial charge in [-0.25, -0.2) is 13.2 Å². The smallest absolute Gasteiger partial charge is 0.220 e. The van der Waals surface area contributed by atoms with Gasteiger partial charge in [0, 0.05) is 0 Å². The lowest BCUT2D eigenvalue weighted by Crippen LogP contribution is -2.66. The largest absolute Gasteiger partial charge is 0.434 e. The van der Waals surface area contributed by atoms with Gasteiger partial charge in [-0.1, -0.05) is 23.2 Å². The number of alkyl halides is 10. The standard InChI is InChI=1S/C7H2Cl3F9/c8-3(2(12)1-11)4(9,10)5(13,6(14,15)16)7(17,18)19/h1,3H. The van der Waals surface area contributed by atoms with Crippen molar-refractivity contribution in [1.82, 2.24) is 0 Å². The van der Waals surface area contributed by atoms with Crippen molar-refractivity contribution < 1.29 is 39.5 Å². The molecule has 0 saturated heterocycles. The summed E-state index contributed by atoms with van der Waals surface area (Å²) in [6, 6.07) is 0. The van der Waals surface area contributed by atoms with Crippen LogP contribution in [0.25, 0.3) is 0 Å². The van der Waals surface area contributed by atoms with Crippen molar-refractivity contribution in [2.75, 3.05) is 0 Å². The second kappa shape index (κ2) is 5.40. The van der Waals surface area contributed by atoms with Gasteiger partial charge < -0.3 is 0 Å². The minimum Gasteiger partial charge on any atom is -0.220 e. The average Bonchev–Trinajstić information content (AvgIpc) is 2.22. The van der Waals surface area contributed by atoms with E-state index in [-0.39, 0.29) is 0 Å². The molecule has 0 N–H and O–H groups in total. The molecule has 0 amide bonds. The van der Waals surface area contributed by atoms with E-state index in [4.69, 9.17) is 11.6 Å². The van der Waals surface area contributed by atoms with E-state index >= 15 is 0 Å². The van der Waals surface area contributed by atoms with Crippen LogP contribution in [-0.4, -0.2) is 27.7 Å². The first-order valence-corrected chi connectivity index (χ1v) is 5.13. The van der Waals surface area contributed by atoms with E-state index in [1.807, 2.05) is 0 Å². The van der Waals surface area contributed by atoms with Crippen LogP contribution >= 0.6 is 34.8 Å². The highest BCUT2D eigenvalue weighted by molar-refractivity contribution is 6.53. The third-order valence-corrected chi connectivity index (χ3v) is 3.62. The Morgan fingerprint density at radius 3 is 1.42 bits per heavy atom. The Balaban J connectivity index is 6.05. The molecule has 0 nitrogen and oxygen atoms in total. The van der Waals surface area contributed by atoms with E-state index in [0.717, 1.165) is 0 Å². The van der Waals surface area contributed by atoms with Gasteiger partial charge in [-0.05, 0) is 0 Å². The Bertz CT molecular complexity index is 342. The van der Waals surface area contributed by atoms with Crippen molar-refractivity contribution in [3.05, 3.63) is 12.2 Å². The first kappa shape index (κ1) is 19.0. The monoisotopic (exact) mass is 362 g/mol. The molecule has 19 heavy (non-hydrogen) atoms. The van der Waals surface area contributed by atoms with Crippen LogP contribution in [0.5, 0.6) is 0 Å². The molecule has 114 valence electrons. The molecule has 12 heteroatoms. The lowest BCUT2D eigenvalue weighted by atomic mass is 9.96. The third kappa shape index (κ3) is 3.02. The lowest BCUT2D eigenvalue weighted by Gasteiger charge is -2.40. The summed E-state index contributed by atoms with van der Waals surface area (Å²) < 4.78 is 107. The maximum absolute atomic E-state index is 13.4. The Labute approximate surface area is 115 Å². The molecule has 0 aromatic carbocycles. The van der Waals surface area contributed by atoms with Gasteiger partial charge in [-0.2, -0.15) is 26.3 Å². The Kier molecular flexibility index (Phi) is 5.40. The third-order valence-electron chi connectivity index (χ3n) is 1.91. The molecule has 0 radical (unpaired) electrons. The number of hydrogen-bond acceptors (Lipinski definition) is 0. The fourth-order valence-electron chi connectivity index (χ4n) is 0.942. The molecule has 1 unspecified atom stereocenters. The van der Waals surface area contributed by atoms with Gasteiger partial charge in [-0.3, -0.25) is 0 Å². The van der Waals surface area contributed by atoms with Crippen molar-refractivity contribution in [3.63, 3.8) is 0 Å². The van der Waals surface area contributed by atoms with Crippen molar-refractivity contribution in [2.24, 2.45) is 0 Å². The predicted molar refractivity (Wildman–Crippen MR) is 50.3 cm³/mol. The van der Waals surface area contributed by atoms with Gasteiger partial charge >= 0.3 is 18.0 Å². The summed E-state index contributed by atoms with van der Waals surface area (Å²) in [5.41, 5.74) is -6.27. The van der Waals surface area contributed by atoms with Gasteiger partial charge in [0.2, 0.25) is 0 Å². The van der Waals surface area contributed by atoms with E-state index in [1.165, 1.54) is 0 Å². The molecule has 0 spiro atoms. The van der Waals surface area contributed by atoms with Gasteiger partial charge in [0.05, 0.1) is 0 Å². The quantitative estimate of drug-likeness (QED) is 0.466. The van der Waals surface area contributed by atoms with Crippen molar-refractivity contribution in [2.45, 2.75) is 27.7 Å². The molecule has 0 aromatic rings. The molecule has 1 atom stereocenters. The fourth-order valence-corrected chi connectivity index (χ4v) is 1.78. The van der Waals surface area contributed by atoms with E-state index in [1.54, 1.807) is 0 Å². The van der Waals surface area contributed by atoms with E-state index < -0.39 is 39.9 Å². The Hall–Kier alpha value is -0.0200. The molecule has 0 aromatic heterocycles. The molecular formula is C7H2Cl3F9. The normalized spacial score (nSPS) is 17.6. The van der Waals surface area contributed by atoms with Crippen LogP contribution < -0.4 is 0 Å². The van der Waals surface area contributed by atoms with Crippen molar-refractivity contribution in [3.8, 4) is 0 Å². The summed E-state index contributed by atoms with van der Waals surface area (Å²) in [6.45, 7) is 0. The zero-order valence-electron chi connectivity index (χ0n) is 8.19. The molecule has 0 bridgehead atoms. The average molecular weight is 363 g/mol. The summed E-state index contributed by atoms with van der Waals surface area (Å²) in [5.74, 6) is -2.40. The molecule has 0 aliphatic heterocycles. The first-order chi connectivity index (χ1) is 8.14. The van der Waals surface area contributed by atoms with Crippen LogP contribution in [0.2, 0.25) is 0 Å². The molecule has 0 fully saturated rings. The summed E-state index contributed by atoms with van der Waals surface area (Å²) in [4.78, 5) is 0. The van der Waals surface area contributed by atoms with Crippen LogP contribution in [-0.2, 0) is 0 Å². The topological polar surface area (TPSA) is 0 Å². The zero-order valence-corrected chi connectivity index (χ0v) is 10.5. The van der Waals surface area contributed by atoms with Crippen molar-refractivity contribution in [1.29, 1.82) is 0 Å². The minimum absolute atomic E-state index is 1.09. The van der Waals surface area contributed by atoms with Crippen LogP contribution in [0, 0.1) is 0 Å². The summed E-state index contributed by atoms with van der Waals surface area (Å²) in [7, 11) is 0. The van der Waals surface area contributed by atoms with Crippen LogP contribution in [0.3, 0.4) is 0 Å². The first-order valence-electron chi connectivity index (χ1n) is 3.94.